The summed E-state index contributed by atoms with van der Waals surface area (Å²) >= 11 is 1.30. The van der Waals surface area contributed by atoms with Gasteiger partial charge in [-0.3, -0.25) is 14.2 Å². The highest BCUT2D eigenvalue weighted by atomic mass is 32.2. The van der Waals surface area contributed by atoms with Crippen molar-refractivity contribution in [2.24, 2.45) is 5.92 Å². The van der Waals surface area contributed by atoms with Gasteiger partial charge in [0.15, 0.2) is 5.16 Å². The van der Waals surface area contributed by atoms with E-state index >= 15 is 0 Å². The molecule has 1 aromatic carbocycles. The standard InChI is InChI=1S/C16H21N3O2S/c1-4-19-15(21)12-7-5-6-8-13(12)18-16(19)22-10-14(20)17-9-11(2)3/h5-8,11H,4,9-10H2,1-3H3,(H,17,20). The number of rotatable bonds is 6. The van der Waals surface area contributed by atoms with Crippen LogP contribution in [0, 0.1) is 5.92 Å². The van der Waals surface area contributed by atoms with E-state index in [-0.39, 0.29) is 17.2 Å². The predicted molar refractivity (Wildman–Crippen MR) is 90.2 cm³/mol. The van der Waals surface area contributed by atoms with Gasteiger partial charge >= 0.3 is 0 Å². The normalized spacial score (nSPS) is 11.1. The molecule has 2 rings (SSSR count). The molecule has 0 aliphatic rings. The molecule has 0 saturated carbocycles. The third-order valence-corrected chi connectivity index (χ3v) is 4.16. The molecule has 1 heterocycles. The maximum Gasteiger partial charge on any atom is 0.262 e. The average molecular weight is 319 g/mol. The van der Waals surface area contributed by atoms with E-state index in [1.54, 1.807) is 10.6 Å². The van der Waals surface area contributed by atoms with Gasteiger partial charge in [-0.1, -0.05) is 37.7 Å². The minimum atomic E-state index is -0.0572. The highest BCUT2D eigenvalue weighted by Gasteiger charge is 2.12. The smallest absolute Gasteiger partial charge is 0.262 e. The molecule has 1 N–H and O–H groups in total. The molecule has 0 spiro atoms. The number of benzene rings is 1. The Hall–Kier alpha value is -1.82. The van der Waals surface area contributed by atoms with Gasteiger partial charge in [0.25, 0.3) is 5.56 Å². The van der Waals surface area contributed by atoms with E-state index in [2.05, 4.69) is 10.3 Å². The molecule has 2 aromatic rings. The van der Waals surface area contributed by atoms with E-state index in [0.29, 0.717) is 35.1 Å². The predicted octanol–water partition coefficient (Wildman–Crippen LogP) is 2.28. The lowest BCUT2D eigenvalue weighted by molar-refractivity contribution is -0.118. The summed E-state index contributed by atoms with van der Waals surface area (Å²) in [4.78, 5) is 28.8. The summed E-state index contributed by atoms with van der Waals surface area (Å²) in [5, 5.41) is 4.06. The molecular weight excluding hydrogens is 298 g/mol. The number of fused-ring (bicyclic) bond motifs is 1. The molecule has 0 aliphatic carbocycles. The van der Waals surface area contributed by atoms with Gasteiger partial charge in [0.1, 0.15) is 0 Å². The number of para-hydroxylation sites is 1. The molecule has 0 atom stereocenters. The zero-order valence-corrected chi connectivity index (χ0v) is 13.9. The molecule has 1 aromatic heterocycles. The Labute approximate surface area is 134 Å². The van der Waals surface area contributed by atoms with Crippen molar-refractivity contribution in [3.63, 3.8) is 0 Å². The summed E-state index contributed by atoms with van der Waals surface area (Å²) in [5.74, 6) is 0.641. The minimum absolute atomic E-state index is 0.0382. The fraction of sp³-hybridized carbons (Fsp3) is 0.438. The highest BCUT2D eigenvalue weighted by molar-refractivity contribution is 7.99. The van der Waals surface area contributed by atoms with E-state index in [4.69, 9.17) is 0 Å². The van der Waals surface area contributed by atoms with Crippen molar-refractivity contribution in [1.82, 2.24) is 14.9 Å². The monoisotopic (exact) mass is 319 g/mol. The van der Waals surface area contributed by atoms with E-state index in [1.807, 2.05) is 39.0 Å². The summed E-state index contributed by atoms with van der Waals surface area (Å²) < 4.78 is 1.61. The van der Waals surface area contributed by atoms with E-state index < -0.39 is 0 Å². The molecule has 0 saturated heterocycles. The maximum atomic E-state index is 12.4. The van der Waals surface area contributed by atoms with Crippen LogP contribution in [-0.4, -0.2) is 27.8 Å². The Bertz CT molecular complexity index is 725. The first-order valence-corrected chi connectivity index (χ1v) is 8.40. The lowest BCUT2D eigenvalue weighted by Crippen LogP contribution is -2.29. The number of nitrogens with one attached hydrogen (secondary N) is 1. The van der Waals surface area contributed by atoms with Crippen LogP contribution in [0.15, 0.2) is 34.2 Å². The number of hydrogen-bond acceptors (Lipinski definition) is 4. The molecule has 1 amide bonds. The summed E-state index contributed by atoms with van der Waals surface area (Å²) in [6.45, 7) is 7.19. The van der Waals surface area contributed by atoms with Crippen molar-refractivity contribution in [3.05, 3.63) is 34.6 Å². The lowest BCUT2D eigenvalue weighted by Gasteiger charge is -2.11. The van der Waals surface area contributed by atoms with Crippen LogP contribution in [0.25, 0.3) is 10.9 Å². The average Bonchev–Trinajstić information content (AvgIpc) is 2.51. The molecule has 5 nitrogen and oxygen atoms in total. The fourth-order valence-corrected chi connectivity index (χ4v) is 2.93. The summed E-state index contributed by atoms with van der Waals surface area (Å²) in [7, 11) is 0. The first-order chi connectivity index (χ1) is 10.5. The van der Waals surface area contributed by atoms with E-state index in [9.17, 15) is 9.59 Å². The lowest BCUT2D eigenvalue weighted by atomic mass is 10.2. The van der Waals surface area contributed by atoms with Crippen LogP contribution in [0.2, 0.25) is 0 Å². The summed E-state index contributed by atoms with van der Waals surface area (Å²) in [6.07, 6.45) is 0. The van der Waals surface area contributed by atoms with Gasteiger partial charge in [-0.15, -0.1) is 0 Å². The molecule has 0 aliphatic heterocycles. The van der Waals surface area contributed by atoms with Crippen LogP contribution in [0.3, 0.4) is 0 Å². The molecule has 6 heteroatoms. The van der Waals surface area contributed by atoms with Crippen molar-refractivity contribution in [1.29, 1.82) is 0 Å². The van der Waals surface area contributed by atoms with Gasteiger partial charge in [-0.25, -0.2) is 4.98 Å². The third kappa shape index (κ3) is 3.88. The Kier molecular flexibility index (Phi) is 5.60. The number of hydrogen-bond donors (Lipinski definition) is 1. The Morgan fingerprint density at radius 3 is 2.77 bits per heavy atom. The van der Waals surface area contributed by atoms with Gasteiger partial charge in [0.05, 0.1) is 16.7 Å². The summed E-state index contributed by atoms with van der Waals surface area (Å²) in [6, 6.07) is 7.28. The first kappa shape index (κ1) is 16.5. The third-order valence-electron chi connectivity index (χ3n) is 3.18. The highest BCUT2D eigenvalue weighted by Crippen LogP contribution is 2.17. The number of aromatic nitrogens is 2. The Morgan fingerprint density at radius 2 is 2.09 bits per heavy atom. The molecule has 0 fully saturated rings. The van der Waals surface area contributed by atoms with E-state index in [0.717, 1.165) is 0 Å². The largest absolute Gasteiger partial charge is 0.355 e. The number of amides is 1. The van der Waals surface area contributed by atoms with Crippen molar-refractivity contribution < 1.29 is 4.79 Å². The molecule has 0 bridgehead atoms. The van der Waals surface area contributed by atoms with Gasteiger partial charge in [-0.05, 0) is 25.0 Å². The second-order valence-electron chi connectivity index (χ2n) is 5.45. The molecule has 118 valence electrons. The number of carbonyl (C=O) groups is 1. The van der Waals surface area contributed by atoms with Crippen molar-refractivity contribution in [2.45, 2.75) is 32.5 Å². The quantitative estimate of drug-likeness (QED) is 0.655. The molecular formula is C16H21N3O2S. The van der Waals surface area contributed by atoms with Crippen LogP contribution in [0.5, 0.6) is 0 Å². The Balaban J connectivity index is 2.20. The van der Waals surface area contributed by atoms with Crippen molar-refractivity contribution in [3.8, 4) is 0 Å². The van der Waals surface area contributed by atoms with Crippen molar-refractivity contribution >= 4 is 28.6 Å². The number of thioether (sulfide) groups is 1. The fourth-order valence-electron chi connectivity index (χ4n) is 2.04. The van der Waals surface area contributed by atoms with Crippen LogP contribution in [-0.2, 0) is 11.3 Å². The van der Waals surface area contributed by atoms with Crippen molar-refractivity contribution in [2.75, 3.05) is 12.3 Å². The van der Waals surface area contributed by atoms with Gasteiger partial charge in [-0.2, -0.15) is 0 Å². The van der Waals surface area contributed by atoms with Gasteiger partial charge in [0, 0.05) is 13.1 Å². The van der Waals surface area contributed by atoms with Crippen LogP contribution in [0.4, 0.5) is 0 Å². The minimum Gasteiger partial charge on any atom is -0.355 e. The SMILES string of the molecule is CCn1c(SCC(=O)NCC(C)C)nc2ccccc2c1=O. The van der Waals surface area contributed by atoms with Gasteiger partial charge < -0.3 is 5.32 Å². The van der Waals surface area contributed by atoms with Crippen LogP contribution in [0.1, 0.15) is 20.8 Å². The second-order valence-corrected chi connectivity index (χ2v) is 6.39. The van der Waals surface area contributed by atoms with Crippen LogP contribution >= 0.6 is 11.8 Å². The molecule has 0 unspecified atom stereocenters. The number of nitrogens with zero attached hydrogens (tertiary/aromatic N) is 2. The Morgan fingerprint density at radius 1 is 1.36 bits per heavy atom. The van der Waals surface area contributed by atoms with E-state index in [1.165, 1.54) is 11.8 Å². The molecule has 0 radical (unpaired) electrons. The zero-order chi connectivity index (χ0) is 16.1. The zero-order valence-electron chi connectivity index (χ0n) is 13.1. The van der Waals surface area contributed by atoms with Gasteiger partial charge in [0.2, 0.25) is 5.91 Å². The molecule has 22 heavy (non-hydrogen) atoms. The topological polar surface area (TPSA) is 64.0 Å². The van der Waals surface area contributed by atoms with Crippen LogP contribution < -0.4 is 10.9 Å². The first-order valence-electron chi connectivity index (χ1n) is 7.42. The maximum absolute atomic E-state index is 12.4. The second kappa shape index (κ2) is 7.45. The number of carbonyl (C=O) groups excluding carboxylic acids is 1. The summed E-state index contributed by atoms with van der Waals surface area (Å²) in [5.41, 5.74) is 0.612.